The van der Waals surface area contributed by atoms with Crippen LogP contribution in [-0.4, -0.2) is 32.4 Å². The summed E-state index contributed by atoms with van der Waals surface area (Å²) in [6, 6.07) is 14.3. The molecule has 3 aromatic rings. The van der Waals surface area contributed by atoms with E-state index in [0.717, 1.165) is 46.1 Å². The number of para-hydroxylation sites is 1. The fraction of sp³-hybridized carbons (Fsp3) is 0.280. The van der Waals surface area contributed by atoms with Gasteiger partial charge in [0.1, 0.15) is 11.6 Å². The molecule has 0 saturated heterocycles. The maximum absolute atomic E-state index is 13.6. The quantitative estimate of drug-likeness (QED) is 0.347. The van der Waals surface area contributed by atoms with E-state index in [1.54, 1.807) is 12.1 Å². The summed E-state index contributed by atoms with van der Waals surface area (Å²) in [5.41, 5.74) is 4.80. The van der Waals surface area contributed by atoms with Crippen molar-refractivity contribution >= 4 is 16.9 Å². The first kappa shape index (κ1) is 21.0. The van der Waals surface area contributed by atoms with Gasteiger partial charge in [0, 0.05) is 23.4 Å². The van der Waals surface area contributed by atoms with Crippen LogP contribution >= 0.6 is 0 Å². The molecule has 5 nitrogen and oxygen atoms in total. The first-order valence-corrected chi connectivity index (χ1v) is 10.4. The third-order valence-corrected chi connectivity index (χ3v) is 5.58. The highest BCUT2D eigenvalue weighted by molar-refractivity contribution is 5.96. The lowest BCUT2D eigenvalue weighted by Crippen LogP contribution is -2.12. The normalized spacial score (nSPS) is 15.2. The summed E-state index contributed by atoms with van der Waals surface area (Å²) < 4.78 is 13.6. The fourth-order valence-corrected chi connectivity index (χ4v) is 4.02. The van der Waals surface area contributed by atoms with Crippen molar-refractivity contribution in [1.29, 1.82) is 0 Å². The number of aliphatic hydroxyl groups is 2. The Bertz CT molecular complexity index is 1140. The summed E-state index contributed by atoms with van der Waals surface area (Å²) in [5.74, 6) is -1.55. The fourth-order valence-electron chi connectivity index (χ4n) is 4.02. The van der Waals surface area contributed by atoms with E-state index in [0.29, 0.717) is 24.8 Å². The number of hydrogen-bond acceptors (Lipinski definition) is 4. The maximum Gasteiger partial charge on any atom is 0.331 e. The topological polar surface area (TPSA) is 90.7 Å². The van der Waals surface area contributed by atoms with Gasteiger partial charge in [0.15, 0.2) is 0 Å². The van der Waals surface area contributed by atoms with E-state index in [1.807, 2.05) is 24.3 Å². The molecule has 160 valence electrons. The standard InChI is InChI=1S/C25H24FNO4/c26-17-9-7-15(8-10-17)24-20-3-1-2-4-22(20)27-25(16-5-6-16)21(24)12-11-18(28)13-19(29)14-23(30)31/h1-4,7-10,14,16,18,28-29H,5-6,11-13H2,(H,30,31)/b19-14-/t18-/m0/s1. The van der Waals surface area contributed by atoms with Gasteiger partial charge >= 0.3 is 5.97 Å². The summed E-state index contributed by atoms with van der Waals surface area (Å²) in [4.78, 5) is 15.6. The molecule has 1 aliphatic carbocycles. The van der Waals surface area contributed by atoms with Crippen LogP contribution in [-0.2, 0) is 11.2 Å². The molecule has 0 amide bonds. The van der Waals surface area contributed by atoms with Crippen LogP contribution in [0.1, 0.15) is 42.9 Å². The summed E-state index contributed by atoms with van der Waals surface area (Å²) in [7, 11) is 0. The number of carbonyl (C=O) groups is 1. The van der Waals surface area contributed by atoms with Gasteiger partial charge in [-0.1, -0.05) is 30.3 Å². The molecule has 1 fully saturated rings. The Kier molecular flexibility index (Phi) is 6.00. The van der Waals surface area contributed by atoms with E-state index in [2.05, 4.69) is 0 Å². The average Bonchev–Trinajstić information content (AvgIpc) is 3.56. The Labute approximate surface area is 179 Å². The van der Waals surface area contributed by atoms with Crippen molar-refractivity contribution in [2.24, 2.45) is 0 Å². The molecule has 0 unspecified atom stereocenters. The number of carboxylic acids is 1. The zero-order chi connectivity index (χ0) is 22.0. The predicted octanol–water partition coefficient (Wildman–Crippen LogP) is 5.13. The van der Waals surface area contributed by atoms with Gasteiger partial charge in [0.25, 0.3) is 0 Å². The predicted molar refractivity (Wildman–Crippen MR) is 116 cm³/mol. The van der Waals surface area contributed by atoms with E-state index in [4.69, 9.17) is 10.1 Å². The first-order chi connectivity index (χ1) is 14.9. The number of aromatic nitrogens is 1. The smallest absolute Gasteiger partial charge is 0.331 e. The summed E-state index contributed by atoms with van der Waals surface area (Å²) >= 11 is 0. The Morgan fingerprint density at radius 1 is 1.13 bits per heavy atom. The van der Waals surface area contributed by atoms with Crippen molar-refractivity contribution in [3.63, 3.8) is 0 Å². The van der Waals surface area contributed by atoms with Gasteiger partial charge in [-0.05, 0) is 60.6 Å². The molecule has 1 atom stereocenters. The van der Waals surface area contributed by atoms with Crippen molar-refractivity contribution < 1.29 is 24.5 Å². The second-order valence-electron chi connectivity index (χ2n) is 8.02. The lowest BCUT2D eigenvalue weighted by Gasteiger charge is -2.19. The highest BCUT2D eigenvalue weighted by Crippen LogP contribution is 2.45. The molecule has 1 saturated carbocycles. The Balaban J connectivity index is 1.74. The SMILES string of the molecule is O=C(O)/C=C(\O)C[C@@H](O)CCc1c(C2CC2)nc2ccccc2c1-c1ccc(F)cc1. The monoisotopic (exact) mass is 421 g/mol. The molecule has 6 heteroatoms. The van der Waals surface area contributed by atoms with E-state index in [1.165, 1.54) is 12.1 Å². The third kappa shape index (κ3) is 4.91. The zero-order valence-electron chi connectivity index (χ0n) is 17.0. The molecular formula is C25H24FNO4. The molecule has 0 bridgehead atoms. The number of rotatable bonds is 8. The zero-order valence-corrected chi connectivity index (χ0v) is 17.0. The number of hydrogen-bond donors (Lipinski definition) is 3. The molecule has 4 rings (SSSR count). The van der Waals surface area contributed by atoms with Crippen molar-refractivity contribution in [3.05, 3.63) is 77.4 Å². The highest BCUT2D eigenvalue weighted by Gasteiger charge is 2.30. The van der Waals surface area contributed by atoms with Gasteiger partial charge < -0.3 is 15.3 Å². The van der Waals surface area contributed by atoms with Crippen LogP contribution in [0, 0.1) is 5.82 Å². The van der Waals surface area contributed by atoms with Crippen molar-refractivity contribution in [2.45, 2.75) is 44.1 Å². The van der Waals surface area contributed by atoms with Crippen LogP contribution in [0.5, 0.6) is 0 Å². The van der Waals surface area contributed by atoms with Crippen molar-refractivity contribution in [1.82, 2.24) is 4.98 Å². The van der Waals surface area contributed by atoms with Crippen molar-refractivity contribution in [3.8, 4) is 11.1 Å². The van der Waals surface area contributed by atoms with Crippen LogP contribution in [0.2, 0.25) is 0 Å². The van der Waals surface area contributed by atoms with E-state index < -0.39 is 12.1 Å². The van der Waals surface area contributed by atoms with E-state index in [-0.39, 0.29) is 18.0 Å². The van der Waals surface area contributed by atoms with Crippen LogP contribution in [0.25, 0.3) is 22.0 Å². The molecule has 31 heavy (non-hydrogen) atoms. The Morgan fingerprint density at radius 2 is 1.84 bits per heavy atom. The number of aliphatic hydroxyl groups excluding tert-OH is 2. The molecule has 1 aromatic heterocycles. The molecule has 0 spiro atoms. The number of carboxylic acid groups (broad SMARTS) is 1. The first-order valence-electron chi connectivity index (χ1n) is 10.4. The lowest BCUT2D eigenvalue weighted by atomic mass is 9.89. The summed E-state index contributed by atoms with van der Waals surface area (Å²) in [6.07, 6.45) is 2.65. The van der Waals surface area contributed by atoms with Crippen LogP contribution in [0.15, 0.2) is 60.4 Å². The van der Waals surface area contributed by atoms with Gasteiger partial charge in [-0.2, -0.15) is 0 Å². The minimum Gasteiger partial charge on any atom is -0.512 e. The number of aliphatic carboxylic acids is 1. The van der Waals surface area contributed by atoms with Gasteiger partial charge in [0.2, 0.25) is 0 Å². The van der Waals surface area contributed by atoms with Gasteiger partial charge in [-0.3, -0.25) is 4.98 Å². The molecular weight excluding hydrogens is 397 g/mol. The molecule has 2 aromatic carbocycles. The molecule has 1 heterocycles. The molecule has 0 radical (unpaired) electrons. The number of nitrogens with zero attached hydrogens (tertiary/aromatic N) is 1. The molecule has 1 aliphatic rings. The average molecular weight is 421 g/mol. The number of fused-ring (bicyclic) bond motifs is 1. The number of benzene rings is 2. The second kappa shape index (κ2) is 8.86. The van der Waals surface area contributed by atoms with Gasteiger partial charge in [-0.15, -0.1) is 0 Å². The van der Waals surface area contributed by atoms with Crippen molar-refractivity contribution in [2.75, 3.05) is 0 Å². The van der Waals surface area contributed by atoms with Gasteiger partial charge in [0.05, 0.1) is 17.7 Å². The Morgan fingerprint density at radius 3 is 2.52 bits per heavy atom. The summed E-state index contributed by atoms with van der Waals surface area (Å²) in [5, 5.41) is 29.8. The minimum absolute atomic E-state index is 0.127. The van der Waals surface area contributed by atoms with Gasteiger partial charge in [-0.25, -0.2) is 9.18 Å². The molecule has 3 N–H and O–H groups in total. The minimum atomic E-state index is -1.25. The third-order valence-electron chi connectivity index (χ3n) is 5.58. The van der Waals surface area contributed by atoms with E-state index in [9.17, 15) is 19.4 Å². The lowest BCUT2D eigenvalue weighted by molar-refractivity contribution is -0.131. The maximum atomic E-state index is 13.6. The highest BCUT2D eigenvalue weighted by atomic mass is 19.1. The molecule has 0 aliphatic heterocycles. The second-order valence-corrected chi connectivity index (χ2v) is 8.02. The summed E-state index contributed by atoms with van der Waals surface area (Å²) in [6.45, 7) is 0. The van der Waals surface area contributed by atoms with Crippen LogP contribution in [0.4, 0.5) is 4.39 Å². The van der Waals surface area contributed by atoms with Crippen LogP contribution < -0.4 is 0 Å². The van der Waals surface area contributed by atoms with E-state index >= 15 is 0 Å². The Hall–Kier alpha value is -3.25. The number of pyridine rings is 1. The number of halogens is 1. The van der Waals surface area contributed by atoms with Crippen LogP contribution in [0.3, 0.4) is 0 Å². The largest absolute Gasteiger partial charge is 0.512 e.